The molecule has 1 aliphatic rings. The molecule has 0 aromatic rings. The van der Waals surface area contributed by atoms with Crippen LogP contribution >= 0.6 is 0 Å². The van der Waals surface area contributed by atoms with E-state index in [9.17, 15) is 5.11 Å². The van der Waals surface area contributed by atoms with E-state index in [-0.39, 0.29) is 0 Å². The van der Waals surface area contributed by atoms with Gasteiger partial charge in [-0.2, -0.15) is 0 Å². The first-order valence-corrected chi connectivity index (χ1v) is 6.64. The van der Waals surface area contributed by atoms with Gasteiger partial charge >= 0.3 is 0 Å². The first-order chi connectivity index (χ1) is 7.53. The Morgan fingerprint density at radius 3 is 2.50 bits per heavy atom. The molecule has 1 fully saturated rings. The molecule has 0 radical (unpaired) electrons. The predicted octanol–water partition coefficient (Wildman–Crippen LogP) is 1.60. The van der Waals surface area contributed by atoms with Crippen molar-refractivity contribution in [2.24, 2.45) is 11.7 Å². The second kappa shape index (κ2) is 6.58. The highest BCUT2D eigenvalue weighted by Gasteiger charge is 2.20. The van der Waals surface area contributed by atoms with Crippen LogP contribution in [0.4, 0.5) is 0 Å². The molecule has 1 rings (SSSR count). The zero-order chi connectivity index (χ0) is 12.0. The Labute approximate surface area is 100 Å². The van der Waals surface area contributed by atoms with Gasteiger partial charge in [-0.25, -0.2) is 0 Å². The first-order valence-electron chi connectivity index (χ1n) is 6.64. The summed E-state index contributed by atoms with van der Waals surface area (Å²) in [4.78, 5) is 2.35. The molecule has 0 amide bonds. The lowest BCUT2D eigenvalue weighted by Gasteiger charge is -2.29. The van der Waals surface area contributed by atoms with Crippen molar-refractivity contribution < 1.29 is 5.11 Å². The Bertz CT molecular complexity index is 188. The van der Waals surface area contributed by atoms with Crippen molar-refractivity contribution in [3.8, 4) is 0 Å². The Morgan fingerprint density at radius 2 is 1.94 bits per heavy atom. The molecule has 1 unspecified atom stereocenters. The summed E-state index contributed by atoms with van der Waals surface area (Å²) < 4.78 is 0. The molecule has 3 nitrogen and oxygen atoms in total. The molecule has 0 aliphatic heterocycles. The van der Waals surface area contributed by atoms with Crippen molar-refractivity contribution in [1.29, 1.82) is 0 Å². The number of hydrogen-bond donors (Lipinski definition) is 2. The number of aliphatic hydroxyl groups is 1. The Balaban J connectivity index is 2.17. The van der Waals surface area contributed by atoms with Gasteiger partial charge in [0.2, 0.25) is 0 Å². The Morgan fingerprint density at radius 1 is 1.31 bits per heavy atom. The summed E-state index contributed by atoms with van der Waals surface area (Å²) in [5, 5.41) is 9.83. The number of nitrogens with zero attached hydrogens (tertiary/aromatic N) is 1. The lowest BCUT2D eigenvalue weighted by atomic mass is 9.89. The van der Waals surface area contributed by atoms with E-state index in [1.54, 1.807) is 0 Å². The number of hydrogen-bond acceptors (Lipinski definition) is 3. The second-order valence-corrected chi connectivity index (χ2v) is 5.72. The Hall–Kier alpha value is -0.120. The molecule has 1 saturated carbocycles. The summed E-state index contributed by atoms with van der Waals surface area (Å²) in [5.41, 5.74) is 4.81. The summed E-state index contributed by atoms with van der Waals surface area (Å²) >= 11 is 0. The lowest BCUT2D eigenvalue weighted by molar-refractivity contribution is 0.0482. The minimum absolute atomic E-state index is 0.351. The first kappa shape index (κ1) is 13.9. The van der Waals surface area contributed by atoms with Crippen molar-refractivity contribution in [2.45, 2.75) is 51.0 Å². The second-order valence-electron chi connectivity index (χ2n) is 5.72. The van der Waals surface area contributed by atoms with Crippen molar-refractivity contribution in [1.82, 2.24) is 4.90 Å². The van der Waals surface area contributed by atoms with Crippen LogP contribution in [0.5, 0.6) is 0 Å². The van der Waals surface area contributed by atoms with Crippen LogP contribution in [0.2, 0.25) is 0 Å². The maximum atomic E-state index is 9.83. The molecule has 1 atom stereocenters. The minimum atomic E-state index is -0.694. The standard InChI is InChI=1S/C13H28N2O/c1-13(16,11-14)8-9-15(2)10-12-6-4-3-5-7-12/h12,16H,3-11,14H2,1-2H3. The highest BCUT2D eigenvalue weighted by molar-refractivity contribution is 4.76. The smallest absolute Gasteiger partial charge is 0.0753 e. The van der Waals surface area contributed by atoms with Crippen LogP contribution < -0.4 is 5.73 Å². The van der Waals surface area contributed by atoms with Gasteiger partial charge in [0.25, 0.3) is 0 Å². The fourth-order valence-corrected chi connectivity index (χ4v) is 2.44. The van der Waals surface area contributed by atoms with E-state index in [1.807, 2.05) is 6.92 Å². The summed E-state index contributed by atoms with van der Waals surface area (Å²) in [6.07, 6.45) is 7.77. The molecule has 0 heterocycles. The van der Waals surface area contributed by atoms with Gasteiger partial charge in [0, 0.05) is 19.6 Å². The number of rotatable bonds is 6. The van der Waals surface area contributed by atoms with Crippen molar-refractivity contribution >= 4 is 0 Å². The summed E-state index contributed by atoms with van der Waals surface area (Å²) in [5.74, 6) is 0.876. The molecule has 96 valence electrons. The third-order valence-corrected chi connectivity index (χ3v) is 3.77. The van der Waals surface area contributed by atoms with E-state index in [0.29, 0.717) is 6.54 Å². The zero-order valence-corrected chi connectivity index (χ0v) is 10.9. The van der Waals surface area contributed by atoms with Gasteiger partial charge in [0.15, 0.2) is 0 Å². The number of nitrogens with two attached hydrogens (primary N) is 1. The van der Waals surface area contributed by atoms with Gasteiger partial charge < -0.3 is 15.7 Å². The average Bonchev–Trinajstić information content (AvgIpc) is 2.28. The molecule has 0 spiro atoms. The fraction of sp³-hybridized carbons (Fsp3) is 1.00. The maximum absolute atomic E-state index is 9.83. The third kappa shape index (κ3) is 5.28. The van der Waals surface area contributed by atoms with Crippen LogP contribution in [0.15, 0.2) is 0 Å². The topological polar surface area (TPSA) is 49.5 Å². The van der Waals surface area contributed by atoms with Crippen LogP contribution in [-0.2, 0) is 0 Å². The lowest BCUT2D eigenvalue weighted by Crippen LogP contribution is -2.38. The molecule has 3 heteroatoms. The highest BCUT2D eigenvalue weighted by Crippen LogP contribution is 2.24. The Kier molecular flexibility index (Phi) is 5.73. The van der Waals surface area contributed by atoms with Crippen LogP contribution in [-0.4, -0.2) is 42.3 Å². The highest BCUT2D eigenvalue weighted by atomic mass is 16.3. The molecule has 3 N–H and O–H groups in total. The van der Waals surface area contributed by atoms with Gasteiger partial charge in [0.1, 0.15) is 0 Å². The largest absolute Gasteiger partial charge is 0.389 e. The van der Waals surface area contributed by atoms with Crippen LogP contribution in [0.1, 0.15) is 45.4 Å². The van der Waals surface area contributed by atoms with Gasteiger partial charge in [-0.1, -0.05) is 19.3 Å². The molecular formula is C13H28N2O. The molecule has 0 saturated heterocycles. The van der Waals surface area contributed by atoms with E-state index in [0.717, 1.165) is 18.9 Å². The van der Waals surface area contributed by atoms with Gasteiger partial charge in [-0.05, 0) is 39.2 Å². The SMILES string of the molecule is CN(CCC(C)(O)CN)CC1CCCCC1. The normalized spacial score (nSPS) is 22.3. The van der Waals surface area contributed by atoms with Crippen molar-refractivity contribution in [3.63, 3.8) is 0 Å². The quantitative estimate of drug-likeness (QED) is 0.726. The molecule has 0 bridgehead atoms. The molecule has 0 aromatic carbocycles. The van der Waals surface area contributed by atoms with E-state index >= 15 is 0 Å². The van der Waals surface area contributed by atoms with Crippen LogP contribution in [0, 0.1) is 5.92 Å². The summed E-state index contributed by atoms with van der Waals surface area (Å²) in [6.45, 7) is 4.30. The minimum Gasteiger partial charge on any atom is -0.389 e. The third-order valence-electron chi connectivity index (χ3n) is 3.77. The van der Waals surface area contributed by atoms with E-state index in [4.69, 9.17) is 5.73 Å². The van der Waals surface area contributed by atoms with Gasteiger partial charge in [-0.3, -0.25) is 0 Å². The predicted molar refractivity (Wildman–Crippen MR) is 68.4 cm³/mol. The molecule has 1 aliphatic carbocycles. The van der Waals surface area contributed by atoms with Gasteiger partial charge in [0.05, 0.1) is 5.60 Å². The summed E-state index contributed by atoms with van der Waals surface area (Å²) in [6, 6.07) is 0. The van der Waals surface area contributed by atoms with E-state index < -0.39 is 5.60 Å². The van der Waals surface area contributed by atoms with Crippen molar-refractivity contribution in [2.75, 3.05) is 26.7 Å². The van der Waals surface area contributed by atoms with Crippen LogP contribution in [0.25, 0.3) is 0 Å². The molecule has 0 aromatic heterocycles. The van der Waals surface area contributed by atoms with Crippen molar-refractivity contribution in [3.05, 3.63) is 0 Å². The van der Waals surface area contributed by atoms with Gasteiger partial charge in [-0.15, -0.1) is 0 Å². The maximum Gasteiger partial charge on any atom is 0.0753 e. The van der Waals surface area contributed by atoms with E-state index in [2.05, 4.69) is 11.9 Å². The molecular weight excluding hydrogens is 200 g/mol. The monoisotopic (exact) mass is 228 g/mol. The van der Waals surface area contributed by atoms with Crippen LogP contribution in [0.3, 0.4) is 0 Å². The van der Waals surface area contributed by atoms with E-state index in [1.165, 1.54) is 38.6 Å². The molecule has 16 heavy (non-hydrogen) atoms. The summed E-state index contributed by atoms with van der Waals surface area (Å²) in [7, 11) is 2.15. The zero-order valence-electron chi connectivity index (χ0n) is 10.9. The average molecular weight is 228 g/mol. The fourth-order valence-electron chi connectivity index (χ4n) is 2.44.